The molecule has 0 radical (unpaired) electrons. The predicted octanol–water partition coefficient (Wildman–Crippen LogP) is 2.35. The minimum absolute atomic E-state index is 0.261. The van der Waals surface area contributed by atoms with Crippen LogP contribution < -0.4 is 5.32 Å². The first-order chi connectivity index (χ1) is 8.96. The highest BCUT2D eigenvalue weighted by Crippen LogP contribution is 2.14. The standard InChI is InChI=1S/C14H23N3O2/c1-6-11-8-13(16-10(4)15-11)17-12(7-9(2)3)14(18)19-5/h8-9,12H,6-7H2,1-5H3,(H,15,16,17). The number of rotatable bonds is 6. The Morgan fingerprint density at radius 1 is 1.42 bits per heavy atom. The molecule has 19 heavy (non-hydrogen) atoms. The van der Waals surface area contributed by atoms with E-state index in [1.807, 2.05) is 19.9 Å². The van der Waals surface area contributed by atoms with E-state index in [0.29, 0.717) is 24.0 Å². The van der Waals surface area contributed by atoms with Crippen LogP contribution in [-0.4, -0.2) is 29.1 Å². The molecule has 0 amide bonds. The van der Waals surface area contributed by atoms with Gasteiger partial charge in [0, 0.05) is 11.8 Å². The van der Waals surface area contributed by atoms with E-state index in [2.05, 4.69) is 29.1 Å². The van der Waals surface area contributed by atoms with Gasteiger partial charge in [-0.05, 0) is 25.7 Å². The molecule has 106 valence electrons. The second-order valence-electron chi connectivity index (χ2n) is 4.99. The molecule has 1 atom stereocenters. The van der Waals surface area contributed by atoms with Gasteiger partial charge in [-0.1, -0.05) is 20.8 Å². The van der Waals surface area contributed by atoms with E-state index in [1.54, 1.807) is 0 Å². The lowest BCUT2D eigenvalue weighted by Gasteiger charge is -2.19. The number of esters is 1. The SMILES string of the molecule is CCc1cc(NC(CC(C)C)C(=O)OC)nc(C)n1. The summed E-state index contributed by atoms with van der Waals surface area (Å²) >= 11 is 0. The van der Waals surface area contributed by atoms with Crippen molar-refractivity contribution in [3.63, 3.8) is 0 Å². The molecular weight excluding hydrogens is 242 g/mol. The Hall–Kier alpha value is -1.65. The van der Waals surface area contributed by atoms with E-state index in [0.717, 1.165) is 12.1 Å². The van der Waals surface area contributed by atoms with Gasteiger partial charge in [-0.15, -0.1) is 0 Å². The molecule has 1 heterocycles. The average molecular weight is 265 g/mol. The van der Waals surface area contributed by atoms with Gasteiger partial charge >= 0.3 is 5.97 Å². The molecular formula is C14H23N3O2. The Kier molecular flexibility index (Phi) is 5.73. The Morgan fingerprint density at radius 3 is 2.63 bits per heavy atom. The van der Waals surface area contributed by atoms with Crippen LogP contribution in [0.4, 0.5) is 5.82 Å². The third-order valence-electron chi connectivity index (χ3n) is 2.77. The zero-order chi connectivity index (χ0) is 14.4. The summed E-state index contributed by atoms with van der Waals surface area (Å²) in [5.41, 5.74) is 0.961. The summed E-state index contributed by atoms with van der Waals surface area (Å²) in [6.07, 6.45) is 1.54. The van der Waals surface area contributed by atoms with Crippen molar-refractivity contribution in [2.75, 3.05) is 12.4 Å². The van der Waals surface area contributed by atoms with Gasteiger partial charge in [0.1, 0.15) is 17.7 Å². The van der Waals surface area contributed by atoms with Crippen LogP contribution in [0.2, 0.25) is 0 Å². The lowest BCUT2D eigenvalue weighted by atomic mass is 10.0. The minimum Gasteiger partial charge on any atom is -0.467 e. The van der Waals surface area contributed by atoms with Crippen LogP contribution in [-0.2, 0) is 16.0 Å². The van der Waals surface area contributed by atoms with E-state index < -0.39 is 0 Å². The molecule has 1 aromatic heterocycles. The molecule has 0 bridgehead atoms. The quantitative estimate of drug-likeness (QED) is 0.800. The number of ether oxygens (including phenoxy) is 1. The first-order valence-corrected chi connectivity index (χ1v) is 6.65. The molecule has 1 unspecified atom stereocenters. The van der Waals surface area contributed by atoms with Gasteiger partial charge in [0.15, 0.2) is 0 Å². The second kappa shape index (κ2) is 7.07. The van der Waals surface area contributed by atoms with Gasteiger partial charge in [-0.3, -0.25) is 0 Å². The lowest BCUT2D eigenvalue weighted by molar-refractivity contribution is -0.141. The number of aryl methyl sites for hydroxylation is 2. The second-order valence-corrected chi connectivity index (χ2v) is 4.99. The number of hydrogen-bond acceptors (Lipinski definition) is 5. The number of nitrogens with one attached hydrogen (secondary N) is 1. The molecule has 0 fully saturated rings. The van der Waals surface area contributed by atoms with Crippen molar-refractivity contribution < 1.29 is 9.53 Å². The number of carbonyl (C=O) groups is 1. The van der Waals surface area contributed by atoms with Crippen LogP contribution >= 0.6 is 0 Å². The third-order valence-corrected chi connectivity index (χ3v) is 2.77. The van der Waals surface area contributed by atoms with Crippen LogP contribution in [0.25, 0.3) is 0 Å². The van der Waals surface area contributed by atoms with Crippen LogP contribution in [0.15, 0.2) is 6.07 Å². The van der Waals surface area contributed by atoms with Crippen LogP contribution in [0.1, 0.15) is 38.7 Å². The van der Waals surface area contributed by atoms with E-state index >= 15 is 0 Å². The van der Waals surface area contributed by atoms with Crippen molar-refractivity contribution in [2.45, 2.75) is 46.6 Å². The van der Waals surface area contributed by atoms with E-state index in [9.17, 15) is 4.79 Å². The monoisotopic (exact) mass is 265 g/mol. The molecule has 1 rings (SSSR count). The maximum Gasteiger partial charge on any atom is 0.328 e. The maximum absolute atomic E-state index is 11.8. The molecule has 0 aromatic carbocycles. The molecule has 0 aliphatic carbocycles. The maximum atomic E-state index is 11.8. The number of carbonyl (C=O) groups excluding carboxylic acids is 1. The molecule has 0 aliphatic heterocycles. The molecule has 5 heteroatoms. The van der Waals surface area contributed by atoms with Gasteiger partial charge in [-0.25, -0.2) is 14.8 Å². The lowest BCUT2D eigenvalue weighted by Crippen LogP contribution is -2.32. The van der Waals surface area contributed by atoms with Crippen LogP contribution in [0, 0.1) is 12.8 Å². The van der Waals surface area contributed by atoms with Crippen LogP contribution in [0.3, 0.4) is 0 Å². The molecule has 0 spiro atoms. The molecule has 5 nitrogen and oxygen atoms in total. The highest BCUT2D eigenvalue weighted by atomic mass is 16.5. The third kappa shape index (κ3) is 4.85. The molecule has 0 saturated carbocycles. The summed E-state index contributed by atoms with van der Waals surface area (Å²) in [5, 5.41) is 3.15. The van der Waals surface area contributed by atoms with Gasteiger partial charge in [0.25, 0.3) is 0 Å². The zero-order valence-corrected chi connectivity index (χ0v) is 12.4. The van der Waals surface area contributed by atoms with Crippen molar-refractivity contribution in [3.8, 4) is 0 Å². The average Bonchev–Trinajstić information content (AvgIpc) is 2.35. The molecule has 0 saturated heterocycles. The van der Waals surface area contributed by atoms with Crippen molar-refractivity contribution in [3.05, 3.63) is 17.6 Å². The fourth-order valence-electron chi connectivity index (χ4n) is 1.89. The van der Waals surface area contributed by atoms with E-state index in [1.165, 1.54) is 7.11 Å². The van der Waals surface area contributed by atoms with Crippen molar-refractivity contribution in [1.82, 2.24) is 9.97 Å². The summed E-state index contributed by atoms with van der Waals surface area (Å²) in [6, 6.07) is 1.51. The van der Waals surface area contributed by atoms with Crippen molar-refractivity contribution in [2.24, 2.45) is 5.92 Å². The topological polar surface area (TPSA) is 64.1 Å². The Bertz CT molecular complexity index is 433. The van der Waals surface area contributed by atoms with Crippen molar-refractivity contribution >= 4 is 11.8 Å². The highest BCUT2D eigenvalue weighted by Gasteiger charge is 2.21. The summed E-state index contributed by atoms with van der Waals surface area (Å²) in [6.45, 7) is 8.03. The summed E-state index contributed by atoms with van der Waals surface area (Å²) < 4.78 is 4.83. The minimum atomic E-state index is -0.371. The largest absolute Gasteiger partial charge is 0.467 e. The zero-order valence-electron chi connectivity index (χ0n) is 12.4. The predicted molar refractivity (Wildman–Crippen MR) is 75.0 cm³/mol. The van der Waals surface area contributed by atoms with Crippen molar-refractivity contribution in [1.29, 1.82) is 0 Å². The first kappa shape index (κ1) is 15.4. The first-order valence-electron chi connectivity index (χ1n) is 6.65. The summed E-state index contributed by atoms with van der Waals surface area (Å²) in [4.78, 5) is 20.4. The molecule has 1 aromatic rings. The Labute approximate surface area is 114 Å². The number of methoxy groups -OCH3 is 1. The Morgan fingerprint density at radius 2 is 2.11 bits per heavy atom. The van der Waals surface area contributed by atoms with Gasteiger partial charge in [0.2, 0.25) is 0 Å². The van der Waals surface area contributed by atoms with Gasteiger partial charge in [0.05, 0.1) is 7.11 Å². The fraction of sp³-hybridized carbons (Fsp3) is 0.643. The number of anilines is 1. The van der Waals surface area contributed by atoms with Gasteiger partial charge in [-0.2, -0.15) is 0 Å². The summed E-state index contributed by atoms with van der Waals surface area (Å²) in [5.74, 6) is 1.52. The summed E-state index contributed by atoms with van der Waals surface area (Å²) in [7, 11) is 1.40. The van der Waals surface area contributed by atoms with Gasteiger partial charge < -0.3 is 10.1 Å². The Balaban J connectivity index is 2.89. The number of aromatic nitrogens is 2. The van der Waals surface area contributed by atoms with E-state index in [4.69, 9.17) is 4.74 Å². The number of hydrogen-bond donors (Lipinski definition) is 1. The fourth-order valence-corrected chi connectivity index (χ4v) is 1.89. The van der Waals surface area contributed by atoms with E-state index in [-0.39, 0.29) is 12.0 Å². The smallest absolute Gasteiger partial charge is 0.328 e. The normalized spacial score (nSPS) is 12.3. The number of nitrogens with zero attached hydrogens (tertiary/aromatic N) is 2. The molecule has 0 aliphatic rings. The molecule has 1 N–H and O–H groups in total. The van der Waals surface area contributed by atoms with Crippen LogP contribution in [0.5, 0.6) is 0 Å². The highest BCUT2D eigenvalue weighted by molar-refractivity contribution is 5.78.